The number of anilines is 1. The molecule has 1 saturated carbocycles. The molecule has 4 rings (SSSR count). The summed E-state index contributed by atoms with van der Waals surface area (Å²) in [6.45, 7) is 1.97. The molecule has 0 bridgehead atoms. The summed E-state index contributed by atoms with van der Waals surface area (Å²) in [4.78, 5) is 27.3. The van der Waals surface area contributed by atoms with Crippen LogP contribution in [0.1, 0.15) is 25.7 Å². The van der Waals surface area contributed by atoms with Gasteiger partial charge in [0.25, 0.3) is 11.8 Å². The molecule has 2 amide bonds. The normalized spacial score (nSPS) is 23.7. The van der Waals surface area contributed by atoms with Gasteiger partial charge in [0.2, 0.25) is 0 Å². The number of amides is 2. The molecule has 23 heavy (non-hydrogen) atoms. The number of imide groups is 1. The Balaban J connectivity index is 1.35. The maximum atomic E-state index is 11.7. The Bertz CT molecular complexity index is 646. The molecule has 0 radical (unpaired) electrons. The number of hydrogen-bond donors (Lipinski definition) is 1. The second kappa shape index (κ2) is 5.11. The average molecular weight is 312 g/mol. The van der Waals surface area contributed by atoms with Crippen molar-refractivity contribution >= 4 is 17.5 Å². The van der Waals surface area contributed by atoms with Crippen molar-refractivity contribution in [3.05, 3.63) is 36.4 Å². The first-order valence-electron chi connectivity index (χ1n) is 8.16. The molecule has 2 heterocycles. The second-order valence-corrected chi connectivity index (χ2v) is 6.95. The topological polar surface area (TPSA) is 60.9 Å². The molecule has 5 heteroatoms. The van der Waals surface area contributed by atoms with Gasteiger partial charge in [-0.3, -0.25) is 14.5 Å². The molecule has 3 aliphatic rings. The quantitative estimate of drug-likeness (QED) is 0.849. The van der Waals surface area contributed by atoms with Gasteiger partial charge >= 0.3 is 0 Å². The van der Waals surface area contributed by atoms with Crippen molar-refractivity contribution in [1.29, 1.82) is 0 Å². The van der Waals surface area contributed by atoms with E-state index in [1.807, 2.05) is 12.1 Å². The van der Waals surface area contributed by atoms with E-state index in [4.69, 9.17) is 0 Å². The van der Waals surface area contributed by atoms with E-state index in [2.05, 4.69) is 4.90 Å². The highest BCUT2D eigenvalue weighted by Crippen LogP contribution is 2.51. The fourth-order valence-electron chi connectivity index (χ4n) is 4.21. The smallest absolute Gasteiger partial charge is 0.253 e. The second-order valence-electron chi connectivity index (χ2n) is 6.95. The molecule has 1 aliphatic carbocycles. The maximum Gasteiger partial charge on any atom is 0.253 e. The zero-order valence-corrected chi connectivity index (χ0v) is 12.9. The molecule has 5 nitrogen and oxygen atoms in total. The lowest BCUT2D eigenvalue weighted by atomic mass is 9.60. The molecule has 2 aliphatic heterocycles. The third-order valence-electron chi connectivity index (χ3n) is 5.58. The number of carbonyl (C=O) groups is 2. The van der Waals surface area contributed by atoms with Crippen LogP contribution >= 0.6 is 0 Å². The number of hydrogen-bond acceptors (Lipinski definition) is 4. The van der Waals surface area contributed by atoms with E-state index in [-0.39, 0.29) is 23.6 Å². The first-order chi connectivity index (χ1) is 11.1. The van der Waals surface area contributed by atoms with E-state index in [9.17, 15) is 14.7 Å². The van der Waals surface area contributed by atoms with Gasteiger partial charge in [0.05, 0.1) is 0 Å². The van der Waals surface area contributed by atoms with Crippen LogP contribution in [-0.4, -0.2) is 41.0 Å². The number of phenolic OH excluding ortho intramolecular Hbond substituents is 1. The summed E-state index contributed by atoms with van der Waals surface area (Å²) in [5, 5.41) is 9.38. The predicted molar refractivity (Wildman–Crippen MR) is 86.0 cm³/mol. The summed E-state index contributed by atoms with van der Waals surface area (Å²) in [6.07, 6.45) is 6.81. The van der Waals surface area contributed by atoms with Crippen LogP contribution in [0.4, 0.5) is 5.69 Å². The van der Waals surface area contributed by atoms with E-state index < -0.39 is 0 Å². The Kier molecular flexibility index (Phi) is 3.18. The van der Waals surface area contributed by atoms with Gasteiger partial charge < -0.3 is 10.0 Å². The molecular formula is C18H20N2O3. The van der Waals surface area contributed by atoms with Gasteiger partial charge in [0.15, 0.2) is 0 Å². The van der Waals surface area contributed by atoms with Crippen LogP contribution in [0.5, 0.6) is 5.75 Å². The molecule has 0 aromatic heterocycles. The highest BCUT2D eigenvalue weighted by atomic mass is 16.3. The van der Waals surface area contributed by atoms with Crippen molar-refractivity contribution in [2.75, 3.05) is 18.0 Å². The Morgan fingerprint density at radius 1 is 0.957 bits per heavy atom. The third-order valence-corrected chi connectivity index (χ3v) is 5.58. The summed E-state index contributed by atoms with van der Waals surface area (Å²) in [5.41, 5.74) is 1.43. The van der Waals surface area contributed by atoms with E-state index in [0.29, 0.717) is 5.41 Å². The number of phenols is 1. The fourth-order valence-corrected chi connectivity index (χ4v) is 4.21. The van der Waals surface area contributed by atoms with Crippen molar-refractivity contribution in [1.82, 2.24) is 4.90 Å². The van der Waals surface area contributed by atoms with E-state index >= 15 is 0 Å². The number of carbonyl (C=O) groups excluding carboxylic acids is 2. The van der Waals surface area contributed by atoms with Crippen molar-refractivity contribution in [3.63, 3.8) is 0 Å². The Morgan fingerprint density at radius 2 is 1.52 bits per heavy atom. The standard InChI is InChI=1S/C18H20N2O3/c21-15-3-1-13(2-4-15)19-9-7-18(8-10-19)11-14(12-18)20-16(22)5-6-17(20)23/h1-6,14,21H,7-12H2. The maximum absolute atomic E-state index is 11.7. The molecule has 0 unspecified atom stereocenters. The molecule has 1 aromatic rings. The summed E-state index contributed by atoms with van der Waals surface area (Å²) in [5.74, 6) is -0.0228. The minimum absolute atomic E-state index is 0.0882. The molecule has 1 N–H and O–H groups in total. The largest absolute Gasteiger partial charge is 0.508 e. The molecule has 2 fully saturated rings. The zero-order valence-electron chi connectivity index (χ0n) is 12.9. The number of nitrogens with zero attached hydrogens (tertiary/aromatic N) is 2. The lowest BCUT2D eigenvalue weighted by Crippen LogP contribution is -2.56. The van der Waals surface area contributed by atoms with Crippen LogP contribution in [0.25, 0.3) is 0 Å². The number of piperidine rings is 1. The van der Waals surface area contributed by atoms with Crippen LogP contribution < -0.4 is 4.90 Å². The lowest BCUT2D eigenvalue weighted by Gasteiger charge is -2.54. The van der Waals surface area contributed by atoms with Crippen molar-refractivity contribution in [2.24, 2.45) is 5.41 Å². The Morgan fingerprint density at radius 3 is 2.09 bits per heavy atom. The van der Waals surface area contributed by atoms with Crippen LogP contribution in [-0.2, 0) is 9.59 Å². The highest BCUT2D eigenvalue weighted by molar-refractivity contribution is 6.13. The van der Waals surface area contributed by atoms with Gasteiger partial charge in [-0.05, 0) is 55.4 Å². The molecule has 1 saturated heterocycles. The van der Waals surface area contributed by atoms with Gasteiger partial charge in [-0.15, -0.1) is 0 Å². The van der Waals surface area contributed by atoms with Crippen molar-refractivity contribution < 1.29 is 14.7 Å². The van der Waals surface area contributed by atoms with Gasteiger partial charge in [-0.1, -0.05) is 0 Å². The van der Waals surface area contributed by atoms with E-state index in [1.165, 1.54) is 17.1 Å². The number of aromatic hydroxyl groups is 1. The molecule has 0 atom stereocenters. The third kappa shape index (κ3) is 2.40. The van der Waals surface area contributed by atoms with Gasteiger partial charge in [-0.2, -0.15) is 0 Å². The number of rotatable bonds is 2. The Labute approximate surface area is 135 Å². The summed E-state index contributed by atoms with van der Waals surface area (Å²) in [6, 6.07) is 7.42. The molecule has 120 valence electrons. The molecular weight excluding hydrogens is 292 g/mol. The fraction of sp³-hybridized carbons (Fsp3) is 0.444. The summed E-state index contributed by atoms with van der Waals surface area (Å²) in [7, 11) is 0. The SMILES string of the molecule is O=C1C=CC(=O)N1C1CC2(CCN(c3ccc(O)cc3)CC2)C1. The summed E-state index contributed by atoms with van der Waals surface area (Å²) < 4.78 is 0. The first-order valence-corrected chi connectivity index (χ1v) is 8.16. The lowest BCUT2D eigenvalue weighted by molar-refractivity contribution is -0.145. The van der Waals surface area contributed by atoms with Crippen LogP contribution in [0, 0.1) is 5.41 Å². The minimum atomic E-state index is -0.156. The Hall–Kier alpha value is -2.30. The van der Waals surface area contributed by atoms with Crippen molar-refractivity contribution in [2.45, 2.75) is 31.7 Å². The summed E-state index contributed by atoms with van der Waals surface area (Å²) >= 11 is 0. The van der Waals surface area contributed by atoms with E-state index in [0.717, 1.165) is 44.5 Å². The highest BCUT2D eigenvalue weighted by Gasteiger charge is 2.50. The van der Waals surface area contributed by atoms with Crippen LogP contribution in [0.3, 0.4) is 0 Å². The van der Waals surface area contributed by atoms with Gasteiger partial charge in [-0.25, -0.2) is 0 Å². The van der Waals surface area contributed by atoms with Gasteiger partial charge in [0.1, 0.15) is 5.75 Å². The molecule has 1 spiro atoms. The first kappa shape index (κ1) is 14.3. The van der Waals surface area contributed by atoms with Crippen LogP contribution in [0.15, 0.2) is 36.4 Å². The predicted octanol–water partition coefficient (Wildman–Crippen LogP) is 2.07. The average Bonchev–Trinajstić information content (AvgIpc) is 2.85. The van der Waals surface area contributed by atoms with Gasteiger partial charge in [0, 0.05) is 37.0 Å². The minimum Gasteiger partial charge on any atom is -0.508 e. The van der Waals surface area contributed by atoms with Crippen LogP contribution in [0.2, 0.25) is 0 Å². The van der Waals surface area contributed by atoms with Crippen molar-refractivity contribution in [3.8, 4) is 5.75 Å². The molecule has 1 aromatic carbocycles. The van der Waals surface area contributed by atoms with E-state index in [1.54, 1.807) is 12.1 Å². The monoisotopic (exact) mass is 312 g/mol. The number of benzene rings is 1. The zero-order chi connectivity index (χ0) is 16.0.